The molecule has 0 amide bonds. The van der Waals surface area contributed by atoms with Crippen molar-refractivity contribution in [3.63, 3.8) is 0 Å². The molecule has 1 nitrogen and oxygen atoms in total. The monoisotopic (exact) mass is 238 g/mol. The van der Waals surface area contributed by atoms with E-state index in [1.165, 1.54) is 50.7 Å². The van der Waals surface area contributed by atoms with E-state index in [1.54, 1.807) is 6.07 Å². The lowest BCUT2D eigenvalue weighted by Crippen LogP contribution is -1.88. The summed E-state index contributed by atoms with van der Waals surface area (Å²) in [6.45, 7) is 2.22. The van der Waals surface area contributed by atoms with Gasteiger partial charge in [-0.25, -0.2) is 4.39 Å². The van der Waals surface area contributed by atoms with Crippen LogP contribution >= 0.6 is 0 Å². The zero-order valence-electron chi connectivity index (χ0n) is 10.7. The molecule has 0 aliphatic carbocycles. The maximum Gasteiger partial charge on any atom is 0.126 e. The molecule has 0 aromatic heterocycles. The fourth-order valence-electron chi connectivity index (χ4n) is 2.02. The van der Waals surface area contributed by atoms with Crippen molar-refractivity contribution in [2.45, 2.75) is 58.3 Å². The summed E-state index contributed by atoms with van der Waals surface area (Å²) in [4.78, 5) is 0. The highest BCUT2D eigenvalue weighted by atomic mass is 19.1. The number of phenolic OH excluding ortho intramolecular Hbond substituents is 1. The van der Waals surface area contributed by atoms with E-state index in [1.807, 2.05) is 0 Å². The van der Waals surface area contributed by atoms with Gasteiger partial charge in [0.2, 0.25) is 0 Å². The van der Waals surface area contributed by atoms with Gasteiger partial charge in [-0.2, -0.15) is 0 Å². The fraction of sp³-hybridized carbons (Fsp3) is 0.600. The van der Waals surface area contributed by atoms with E-state index in [2.05, 4.69) is 6.92 Å². The van der Waals surface area contributed by atoms with Crippen molar-refractivity contribution in [3.8, 4) is 5.75 Å². The Hall–Kier alpha value is -1.05. The second-order valence-corrected chi connectivity index (χ2v) is 4.64. The summed E-state index contributed by atoms with van der Waals surface area (Å²) in [6, 6.07) is 4.29. The van der Waals surface area contributed by atoms with Gasteiger partial charge < -0.3 is 5.11 Å². The Morgan fingerprint density at radius 1 is 1.00 bits per heavy atom. The first kappa shape index (κ1) is 14.0. The molecule has 1 aromatic carbocycles. The molecule has 0 unspecified atom stereocenters. The summed E-state index contributed by atoms with van der Waals surface area (Å²) in [7, 11) is 0. The number of halogens is 1. The van der Waals surface area contributed by atoms with Crippen LogP contribution in [0.4, 0.5) is 4.39 Å². The van der Waals surface area contributed by atoms with Gasteiger partial charge in [0.25, 0.3) is 0 Å². The number of unbranched alkanes of at least 4 members (excludes halogenated alkanes) is 6. The first-order chi connectivity index (χ1) is 8.24. The molecule has 1 N–H and O–H groups in total. The van der Waals surface area contributed by atoms with Crippen molar-refractivity contribution in [1.29, 1.82) is 0 Å². The van der Waals surface area contributed by atoms with Gasteiger partial charge in [-0.15, -0.1) is 0 Å². The average molecular weight is 238 g/mol. The topological polar surface area (TPSA) is 20.2 Å². The summed E-state index contributed by atoms with van der Waals surface area (Å²) in [6.07, 6.45) is 9.64. The molecule has 0 saturated carbocycles. The van der Waals surface area contributed by atoms with Gasteiger partial charge in [-0.05, 0) is 24.5 Å². The number of aryl methyl sites for hydroxylation is 1. The molecule has 2 heteroatoms. The van der Waals surface area contributed by atoms with Gasteiger partial charge in [-0.1, -0.05) is 51.5 Å². The molecule has 0 heterocycles. The number of hydrogen-bond donors (Lipinski definition) is 1. The van der Waals surface area contributed by atoms with Gasteiger partial charge in [0, 0.05) is 6.07 Å². The van der Waals surface area contributed by atoms with Crippen LogP contribution in [0.5, 0.6) is 5.75 Å². The van der Waals surface area contributed by atoms with Crippen LogP contribution in [0.2, 0.25) is 0 Å². The summed E-state index contributed by atoms with van der Waals surface area (Å²) < 4.78 is 12.7. The number of hydrogen-bond acceptors (Lipinski definition) is 1. The molecule has 96 valence electrons. The lowest BCUT2D eigenvalue weighted by Gasteiger charge is -2.04. The van der Waals surface area contributed by atoms with Crippen molar-refractivity contribution in [1.82, 2.24) is 0 Å². The van der Waals surface area contributed by atoms with Crippen LogP contribution < -0.4 is 0 Å². The van der Waals surface area contributed by atoms with Gasteiger partial charge >= 0.3 is 0 Å². The van der Waals surface area contributed by atoms with Gasteiger partial charge in [-0.3, -0.25) is 0 Å². The quantitative estimate of drug-likeness (QED) is 0.643. The Bertz CT molecular complexity index is 323. The molecule has 1 aromatic rings. The fourth-order valence-corrected chi connectivity index (χ4v) is 2.02. The van der Waals surface area contributed by atoms with Crippen molar-refractivity contribution in [2.24, 2.45) is 0 Å². The smallest absolute Gasteiger partial charge is 0.126 e. The van der Waals surface area contributed by atoms with Crippen LogP contribution in [0.15, 0.2) is 18.2 Å². The number of aromatic hydroxyl groups is 1. The van der Waals surface area contributed by atoms with Crippen LogP contribution in [0.25, 0.3) is 0 Å². The Kier molecular flexibility index (Phi) is 6.68. The molecule has 0 aliphatic rings. The van der Waals surface area contributed by atoms with Crippen LogP contribution in [0.3, 0.4) is 0 Å². The van der Waals surface area contributed by atoms with Crippen molar-refractivity contribution < 1.29 is 9.50 Å². The lowest BCUT2D eigenvalue weighted by atomic mass is 10.0. The standard InChI is InChI=1S/C15H23FO/c1-2-3-4-5-6-7-8-9-13-10-11-14(16)12-15(13)17/h10-12,17H,2-9H2,1H3. The second-order valence-electron chi connectivity index (χ2n) is 4.64. The minimum Gasteiger partial charge on any atom is -0.508 e. The Morgan fingerprint density at radius 2 is 1.65 bits per heavy atom. The maximum absolute atomic E-state index is 12.7. The predicted octanol–water partition coefficient (Wildman–Crippen LogP) is 4.82. The molecule has 0 radical (unpaired) electrons. The third-order valence-corrected chi connectivity index (χ3v) is 3.10. The van der Waals surface area contributed by atoms with Crippen molar-refractivity contribution in [3.05, 3.63) is 29.6 Å². The zero-order valence-corrected chi connectivity index (χ0v) is 10.7. The first-order valence-electron chi connectivity index (χ1n) is 6.71. The van der Waals surface area contributed by atoms with Crippen molar-refractivity contribution in [2.75, 3.05) is 0 Å². The number of rotatable bonds is 8. The highest BCUT2D eigenvalue weighted by Gasteiger charge is 2.02. The first-order valence-corrected chi connectivity index (χ1v) is 6.71. The summed E-state index contributed by atoms with van der Waals surface area (Å²) in [5.74, 6) is -0.276. The summed E-state index contributed by atoms with van der Waals surface area (Å²) in [5, 5.41) is 9.52. The van der Waals surface area contributed by atoms with E-state index in [0.29, 0.717) is 0 Å². The Morgan fingerprint density at radius 3 is 2.29 bits per heavy atom. The molecule has 0 bridgehead atoms. The second kappa shape index (κ2) is 8.10. The Labute approximate surface area is 104 Å². The maximum atomic E-state index is 12.7. The molecule has 0 atom stereocenters. The molecular formula is C15H23FO. The third kappa shape index (κ3) is 5.71. The molecule has 1 rings (SSSR count). The highest BCUT2D eigenvalue weighted by molar-refractivity contribution is 5.32. The molecule has 17 heavy (non-hydrogen) atoms. The molecule has 0 aliphatic heterocycles. The molecular weight excluding hydrogens is 215 g/mol. The van der Waals surface area contributed by atoms with E-state index in [-0.39, 0.29) is 11.6 Å². The number of phenols is 1. The average Bonchev–Trinajstić information content (AvgIpc) is 2.30. The summed E-state index contributed by atoms with van der Waals surface area (Å²) in [5.41, 5.74) is 0.861. The Balaban J connectivity index is 2.14. The molecule has 0 spiro atoms. The normalized spacial score (nSPS) is 10.7. The minimum atomic E-state index is -0.370. The van der Waals surface area contributed by atoms with E-state index in [0.717, 1.165) is 18.4 Å². The van der Waals surface area contributed by atoms with Gasteiger partial charge in [0.15, 0.2) is 0 Å². The van der Waals surface area contributed by atoms with Gasteiger partial charge in [0.05, 0.1) is 0 Å². The van der Waals surface area contributed by atoms with Crippen LogP contribution in [0.1, 0.15) is 57.4 Å². The number of benzene rings is 1. The van der Waals surface area contributed by atoms with Crippen LogP contribution in [0, 0.1) is 5.82 Å². The summed E-state index contributed by atoms with van der Waals surface area (Å²) >= 11 is 0. The molecule has 0 fully saturated rings. The SMILES string of the molecule is CCCCCCCCCc1ccc(F)cc1O. The third-order valence-electron chi connectivity index (χ3n) is 3.10. The van der Waals surface area contributed by atoms with Crippen LogP contribution in [-0.4, -0.2) is 5.11 Å². The lowest BCUT2D eigenvalue weighted by molar-refractivity contribution is 0.459. The minimum absolute atomic E-state index is 0.0935. The highest BCUT2D eigenvalue weighted by Crippen LogP contribution is 2.20. The molecule has 0 saturated heterocycles. The van der Waals surface area contributed by atoms with Crippen molar-refractivity contribution >= 4 is 0 Å². The van der Waals surface area contributed by atoms with E-state index in [4.69, 9.17) is 0 Å². The van der Waals surface area contributed by atoms with Crippen LogP contribution in [-0.2, 0) is 6.42 Å². The predicted molar refractivity (Wildman–Crippen MR) is 69.8 cm³/mol. The van der Waals surface area contributed by atoms with E-state index in [9.17, 15) is 9.50 Å². The zero-order chi connectivity index (χ0) is 12.5. The van der Waals surface area contributed by atoms with E-state index >= 15 is 0 Å². The largest absolute Gasteiger partial charge is 0.508 e. The van der Waals surface area contributed by atoms with E-state index < -0.39 is 0 Å². The van der Waals surface area contributed by atoms with Gasteiger partial charge in [0.1, 0.15) is 11.6 Å².